The van der Waals surface area contributed by atoms with E-state index in [9.17, 15) is 9.50 Å². The molecule has 0 radical (unpaired) electrons. The van der Waals surface area contributed by atoms with Crippen molar-refractivity contribution in [1.82, 2.24) is 0 Å². The predicted octanol–water partition coefficient (Wildman–Crippen LogP) is 2.95. The molecule has 0 saturated carbocycles. The second kappa shape index (κ2) is 5.30. The fraction of sp³-hybridized carbons (Fsp3) is 0.538. The van der Waals surface area contributed by atoms with Crippen molar-refractivity contribution >= 4 is 5.69 Å². The zero-order chi connectivity index (χ0) is 12.2. The number of rotatable bonds is 5. The van der Waals surface area contributed by atoms with Crippen molar-refractivity contribution < 1.29 is 9.50 Å². The summed E-state index contributed by atoms with van der Waals surface area (Å²) in [5, 5.41) is 12.5. The van der Waals surface area contributed by atoms with Gasteiger partial charge in [-0.05, 0) is 25.5 Å². The molecular formula is C13H20FNO. The van der Waals surface area contributed by atoms with Gasteiger partial charge >= 0.3 is 0 Å². The van der Waals surface area contributed by atoms with Gasteiger partial charge in [0, 0.05) is 23.2 Å². The number of hydrogen-bond donors (Lipinski definition) is 2. The molecule has 16 heavy (non-hydrogen) atoms. The van der Waals surface area contributed by atoms with Crippen molar-refractivity contribution in [3.8, 4) is 0 Å². The smallest absolute Gasteiger partial charge is 0.128 e. The predicted molar refractivity (Wildman–Crippen MR) is 65.1 cm³/mol. The fourth-order valence-corrected chi connectivity index (χ4v) is 1.40. The Kier molecular flexibility index (Phi) is 4.30. The van der Waals surface area contributed by atoms with Gasteiger partial charge in [0.2, 0.25) is 0 Å². The molecule has 0 bridgehead atoms. The number of aliphatic hydroxyl groups is 1. The van der Waals surface area contributed by atoms with Gasteiger partial charge in [-0.15, -0.1) is 0 Å². The molecule has 0 aromatic heterocycles. The molecule has 0 aliphatic carbocycles. The highest BCUT2D eigenvalue weighted by molar-refractivity contribution is 5.51. The molecule has 2 nitrogen and oxygen atoms in total. The molecule has 0 aliphatic heterocycles. The summed E-state index contributed by atoms with van der Waals surface area (Å²) in [6, 6.07) is 4.99. The highest BCUT2D eigenvalue weighted by Gasteiger charge is 2.20. The van der Waals surface area contributed by atoms with Crippen LogP contribution in [0.1, 0.15) is 25.8 Å². The Bertz CT molecular complexity index is 348. The standard InChI is InChI=1S/C13H20FNO/c1-4-13(3,9-16)8-15-12-7-5-6-11(14)10(12)2/h5-7,15-16H,4,8-9H2,1-3H3. The van der Waals surface area contributed by atoms with Crippen molar-refractivity contribution in [2.75, 3.05) is 18.5 Å². The normalized spacial score (nSPS) is 14.6. The van der Waals surface area contributed by atoms with E-state index in [4.69, 9.17) is 0 Å². The molecule has 1 unspecified atom stereocenters. The first kappa shape index (κ1) is 13.0. The maximum absolute atomic E-state index is 13.3. The van der Waals surface area contributed by atoms with Gasteiger partial charge in [-0.3, -0.25) is 0 Å². The van der Waals surface area contributed by atoms with E-state index in [-0.39, 0.29) is 17.8 Å². The molecule has 1 atom stereocenters. The molecule has 1 rings (SSSR count). The summed E-state index contributed by atoms with van der Waals surface area (Å²) in [5.41, 5.74) is 1.27. The summed E-state index contributed by atoms with van der Waals surface area (Å²) in [5.74, 6) is -0.202. The van der Waals surface area contributed by atoms with E-state index in [1.165, 1.54) is 6.07 Å². The molecular weight excluding hydrogens is 205 g/mol. The van der Waals surface area contributed by atoms with Gasteiger partial charge < -0.3 is 10.4 Å². The van der Waals surface area contributed by atoms with Crippen LogP contribution in [0.2, 0.25) is 0 Å². The first-order valence-corrected chi connectivity index (χ1v) is 5.62. The minimum absolute atomic E-state index is 0.130. The van der Waals surface area contributed by atoms with Crippen LogP contribution in [0.3, 0.4) is 0 Å². The summed E-state index contributed by atoms with van der Waals surface area (Å²) in [6.07, 6.45) is 0.880. The molecule has 2 N–H and O–H groups in total. The van der Waals surface area contributed by atoms with Crippen molar-refractivity contribution in [2.45, 2.75) is 27.2 Å². The van der Waals surface area contributed by atoms with Gasteiger partial charge in [-0.2, -0.15) is 0 Å². The summed E-state index contributed by atoms with van der Waals surface area (Å²) in [7, 11) is 0. The first-order chi connectivity index (χ1) is 7.52. The van der Waals surface area contributed by atoms with Crippen molar-refractivity contribution in [2.24, 2.45) is 5.41 Å². The Morgan fingerprint density at radius 3 is 2.69 bits per heavy atom. The summed E-state index contributed by atoms with van der Waals surface area (Å²) >= 11 is 0. The van der Waals surface area contributed by atoms with Gasteiger partial charge in [-0.1, -0.05) is 19.9 Å². The third-order valence-electron chi connectivity index (χ3n) is 3.21. The average molecular weight is 225 g/mol. The lowest BCUT2D eigenvalue weighted by atomic mass is 9.88. The van der Waals surface area contributed by atoms with Crippen LogP contribution >= 0.6 is 0 Å². The Morgan fingerprint density at radius 1 is 1.44 bits per heavy atom. The largest absolute Gasteiger partial charge is 0.396 e. The number of aliphatic hydroxyl groups excluding tert-OH is 1. The molecule has 1 aromatic carbocycles. The molecule has 0 aliphatic rings. The van der Waals surface area contributed by atoms with Crippen LogP contribution in [0.15, 0.2) is 18.2 Å². The molecule has 0 spiro atoms. The lowest BCUT2D eigenvalue weighted by molar-refractivity contribution is 0.149. The highest BCUT2D eigenvalue weighted by Crippen LogP contribution is 2.23. The second-order valence-electron chi connectivity index (χ2n) is 4.59. The zero-order valence-electron chi connectivity index (χ0n) is 10.2. The van der Waals surface area contributed by atoms with Crippen molar-refractivity contribution in [3.63, 3.8) is 0 Å². The van der Waals surface area contributed by atoms with Crippen LogP contribution in [-0.4, -0.2) is 18.3 Å². The number of halogens is 1. The Labute approximate surface area is 96.5 Å². The van der Waals surface area contributed by atoms with E-state index >= 15 is 0 Å². The topological polar surface area (TPSA) is 32.3 Å². The monoisotopic (exact) mass is 225 g/mol. The zero-order valence-corrected chi connectivity index (χ0v) is 10.2. The van der Waals surface area contributed by atoms with Gasteiger partial charge in [0.15, 0.2) is 0 Å². The summed E-state index contributed by atoms with van der Waals surface area (Å²) < 4.78 is 13.3. The van der Waals surface area contributed by atoms with E-state index in [0.29, 0.717) is 12.1 Å². The van der Waals surface area contributed by atoms with Gasteiger partial charge in [0.05, 0.1) is 6.61 Å². The Morgan fingerprint density at radius 2 is 2.12 bits per heavy atom. The van der Waals surface area contributed by atoms with Gasteiger partial charge in [0.25, 0.3) is 0 Å². The van der Waals surface area contributed by atoms with Crippen LogP contribution in [0, 0.1) is 18.2 Å². The van der Waals surface area contributed by atoms with E-state index in [2.05, 4.69) is 5.32 Å². The van der Waals surface area contributed by atoms with Crippen LogP contribution < -0.4 is 5.32 Å². The first-order valence-electron chi connectivity index (χ1n) is 5.62. The maximum atomic E-state index is 13.3. The third-order valence-corrected chi connectivity index (χ3v) is 3.21. The molecule has 0 heterocycles. The van der Waals surface area contributed by atoms with Crippen LogP contribution in [-0.2, 0) is 0 Å². The molecule has 0 amide bonds. The summed E-state index contributed by atoms with van der Waals surface area (Å²) in [6.45, 7) is 6.57. The van der Waals surface area contributed by atoms with Gasteiger partial charge in [0.1, 0.15) is 5.82 Å². The van der Waals surface area contributed by atoms with Crippen molar-refractivity contribution in [1.29, 1.82) is 0 Å². The molecule has 0 fully saturated rings. The Hall–Kier alpha value is -1.09. The Balaban J connectivity index is 2.71. The van der Waals surface area contributed by atoms with E-state index < -0.39 is 0 Å². The van der Waals surface area contributed by atoms with Gasteiger partial charge in [-0.25, -0.2) is 4.39 Å². The number of hydrogen-bond acceptors (Lipinski definition) is 2. The van der Waals surface area contributed by atoms with E-state index in [1.807, 2.05) is 19.9 Å². The highest BCUT2D eigenvalue weighted by atomic mass is 19.1. The quantitative estimate of drug-likeness (QED) is 0.807. The SMILES string of the molecule is CCC(C)(CO)CNc1cccc(F)c1C. The van der Waals surface area contributed by atoms with Crippen LogP contribution in [0.4, 0.5) is 10.1 Å². The lowest BCUT2D eigenvalue weighted by Gasteiger charge is -2.26. The number of nitrogens with one attached hydrogen (secondary N) is 1. The van der Waals surface area contributed by atoms with E-state index in [1.54, 1.807) is 13.0 Å². The fourth-order valence-electron chi connectivity index (χ4n) is 1.40. The third kappa shape index (κ3) is 2.95. The average Bonchev–Trinajstić information content (AvgIpc) is 2.31. The van der Waals surface area contributed by atoms with Crippen LogP contribution in [0.25, 0.3) is 0 Å². The van der Waals surface area contributed by atoms with Crippen molar-refractivity contribution in [3.05, 3.63) is 29.6 Å². The summed E-state index contributed by atoms with van der Waals surface area (Å²) in [4.78, 5) is 0. The number of benzene rings is 1. The molecule has 3 heteroatoms. The lowest BCUT2D eigenvalue weighted by Crippen LogP contribution is -2.29. The molecule has 0 saturated heterocycles. The van der Waals surface area contributed by atoms with Crippen LogP contribution in [0.5, 0.6) is 0 Å². The minimum Gasteiger partial charge on any atom is -0.396 e. The number of anilines is 1. The second-order valence-corrected chi connectivity index (χ2v) is 4.59. The minimum atomic E-state index is -0.202. The maximum Gasteiger partial charge on any atom is 0.128 e. The van der Waals surface area contributed by atoms with E-state index in [0.717, 1.165) is 12.1 Å². The molecule has 90 valence electrons. The molecule has 1 aromatic rings.